The Bertz CT molecular complexity index is 1240. The molecule has 0 saturated carbocycles. The van der Waals surface area contributed by atoms with Crippen LogP contribution in [0.3, 0.4) is 0 Å². The number of rotatable bonds is 7. The third-order valence-corrected chi connectivity index (χ3v) is 7.22. The number of aryl methyl sites for hydroxylation is 1. The Balaban J connectivity index is 1.73. The molecule has 0 spiro atoms. The standard InChI is InChI=1S/C22H23ClN4O4S/c1-25-11-10-21(24-25)32(29,30)27(14-16-3-5-18(23)6-4-16)19-7-8-20-17(13-19)9-12-26(20)22(28)15-31-2/h3-8,10-11,13H,9,12,14-15H2,1-2H3. The number of hydrogen-bond acceptors (Lipinski definition) is 5. The number of sulfonamides is 1. The molecule has 10 heteroatoms. The fourth-order valence-corrected chi connectivity index (χ4v) is 5.25. The SMILES string of the molecule is COCC(=O)N1CCc2cc(N(Cc3ccc(Cl)cc3)S(=O)(=O)c3ccn(C)n3)ccc21. The Morgan fingerprint density at radius 3 is 2.59 bits per heavy atom. The van der Waals surface area contributed by atoms with Crippen molar-refractivity contribution < 1.29 is 17.9 Å². The summed E-state index contributed by atoms with van der Waals surface area (Å²) in [7, 11) is -0.778. The van der Waals surface area contributed by atoms with Crippen LogP contribution in [-0.4, -0.2) is 44.4 Å². The maximum atomic E-state index is 13.5. The van der Waals surface area contributed by atoms with Gasteiger partial charge in [0, 0.05) is 37.6 Å². The molecule has 8 nitrogen and oxygen atoms in total. The quantitative estimate of drug-likeness (QED) is 0.525. The molecule has 0 unspecified atom stereocenters. The minimum absolute atomic E-state index is 0.00204. The maximum absolute atomic E-state index is 13.5. The number of anilines is 2. The number of hydrogen-bond donors (Lipinski definition) is 0. The number of ether oxygens (including phenoxy) is 1. The normalized spacial score (nSPS) is 13.3. The first kappa shape index (κ1) is 22.3. The van der Waals surface area contributed by atoms with Crippen molar-refractivity contribution in [1.29, 1.82) is 0 Å². The van der Waals surface area contributed by atoms with E-state index in [-0.39, 0.29) is 24.1 Å². The Kier molecular flexibility index (Phi) is 6.23. The molecule has 0 fully saturated rings. The molecule has 1 amide bonds. The number of carbonyl (C=O) groups excluding carboxylic acids is 1. The molecule has 4 rings (SSSR count). The van der Waals surface area contributed by atoms with Gasteiger partial charge < -0.3 is 9.64 Å². The zero-order valence-electron chi connectivity index (χ0n) is 17.7. The van der Waals surface area contributed by atoms with Crippen LogP contribution in [0.15, 0.2) is 59.8 Å². The van der Waals surface area contributed by atoms with E-state index < -0.39 is 10.0 Å². The fraction of sp³-hybridized carbons (Fsp3) is 0.273. The second-order valence-corrected chi connectivity index (χ2v) is 9.75. The van der Waals surface area contributed by atoms with Crippen molar-refractivity contribution >= 4 is 38.9 Å². The van der Waals surface area contributed by atoms with Crippen LogP contribution in [0.2, 0.25) is 5.02 Å². The number of carbonyl (C=O) groups is 1. The molecule has 0 atom stereocenters. The molecule has 0 radical (unpaired) electrons. The van der Waals surface area contributed by atoms with Crippen molar-refractivity contribution in [2.75, 3.05) is 29.5 Å². The number of nitrogens with zero attached hydrogens (tertiary/aromatic N) is 4. The lowest BCUT2D eigenvalue weighted by Gasteiger charge is -2.25. The van der Waals surface area contributed by atoms with E-state index in [0.29, 0.717) is 23.7 Å². The van der Waals surface area contributed by atoms with Gasteiger partial charge in [-0.05, 0) is 53.9 Å². The van der Waals surface area contributed by atoms with Gasteiger partial charge in [-0.3, -0.25) is 13.8 Å². The van der Waals surface area contributed by atoms with Crippen LogP contribution in [0.25, 0.3) is 0 Å². The third-order valence-electron chi connectivity index (χ3n) is 5.30. The van der Waals surface area contributed by atoms with Crippen molar-refractivity contribution in [2.45, 2.75) is 18.0 Å². The van der Waals surface area contributed by atoms with E-state index in [9.17, 15) is 13.2 Å². The van der Waals surface area contributed by atoms with Gasteiger partial charge in [0.05, 0.1) is 12.2 Å². The zero-order valence-corrected chi connectivity index (χ0v) is 19.3. The Labute approximate surface area is 192 Å². The summed E-state index contributed by atoms with van der Waals surface area (Å²) in [6, 6.07) is 13.8. The van der Waals surface area contributed by atoms with Crippen LogP contribution >= 0.6 is 11.6 Å². The summed E-state index contributed by atoms with van der Waals surface area (Å²) in [4.78, 5) is 14.0. The number of amides is 1. The molecule has 32 heavy (non-hydrogen) atoms. The van der Waals surface area contributed by atoms with Gasteiger partial charge in [-0.1, -0.05) is 23.7 Å². The molecule has 2 aromatic carbocycles. The van der Waals surface area contributed by atoms with E-state index in [0.717, 1.165) is 16.8 Å². The molecule has 3 aromatic rings. The molecule has 2 heterocycles. The largest absolute Gasteiger partial charge is 0.375 e. The summed E-state index contributed by atoms with van der Waals surface area (Å²) in [5, 5.41) is 4.65. The lowest BCUT2D eigenvalue weighted by Crippen LogP contribution is -2.32. The molecule has 1 aromatic heterocycles. The molecule has 0 aliphatic carbocycles. The van der Waals surface area contributed by atoms with Crippen molar-refractivity contribution in [3.8, 4) is 0 Å². The van der Waals surface area contributed by atoms with Crippen LogP contribution in [0.4, 0.5) is 11.4 Å². The highest BCUT2D eigenvalue weighted by Gasteiger charge is 2.30. The van der Waals surface area contributed by atoms with Crippen LogP contribution in [0.1, 0.15) is 11.1 Å². The van der Waals surface area contributed by atoms with E-state index in [1.807, 2.05) is 6.07 Å². The molecular weight excluding hydrogens is 452 g/mol. The predicted molar refractivity (Wildman–Crippen MR) is 122 cm³/mol. The molecule has 1 aliphatic rings. The van der Waals surface area contributed by atoms with Crippen LogP contribution in [0, 0.1) is 0 Å². The number of methoxy groups -OCH3 is 1. The average Bonchev–Trinajstić information content (AvgIpc) is 3.39. The molecule has 1 aliphatic heterocycles. The molecular formula is C22H23ClN4O4S. The second kappa shape index (κ2) is 8.93. The number of halogens is 1. The minimum Gasteiger partial charge on any atom is -0.375 e. The first-order valence-electron chi connectivity index (χ1n) is 9.98. The van der Waals surface area contributed by atoms with Gasteiger partial charge in [0.15, 0.2) is 5.03 Å². The Morgan fingerprint density at radius 1 is 1.19 bits per heavy atom. The molecule has 168 valence electrons. The number of benzene rings is 2. The van der Waals surface area contributed by atoms with E-state index in [1.54, 1.807) is 54.5 Å². The van der Waals surface area contributed by atoms with E-state index in [4.69, 9.17) is 16.3 Å². The summed E-state index contributed by atoms with van der Waals surface area (Å²) < 4.78 is 34.8. The summed E-state index contributed by atoms with van der Waals surface area (Å²) in [5.41, 5.74) is 2.97. The van der Waals surface area contributed by atoms with Gasteiger partial charge in [-0.2, -0.15) is 13.5 Å². The van der Waals surface area contributed by atoms with E-state index >= 15 is 0 Å². The average molecular weight is 475 g/mol. The van der Waals surface area contributed by atoms with Crippen LogP contribution in [-0.2, 0) is 39.6 Å². The summed E-state index contributed by atoms with van der Waals surface area (Å²) >= 11 is 5.99. The second-order valence-electron chi connectivity index (χ2n) is 7.51. The smallest absolute Gasteiger partial charge is 0.283 e. The summed E-state index contributed by atoms with van der Waals surface area (Å²) in [6.45, 7) is 0.643. The number of fused-ring (bicyclic) bond motifs is 1. The third kappa shape index (κ3) is 4.36. The lowest BCUT2D eigenvalue weighted by atomic mass is 10.1. The topological polar surface area (TPSA) is 84.7 Å². The van der Waals surface area contributed by atoms with Crippen molar-refractivity contribution in [3.05, 3.63) is 70.9 Å². The van der Waals surface area contributed by atoms with Crippen LogP contribution < -0.4 is 9.21 Å². The zero-order chi connectivity index (χ0) is 22.9. The van der Waals surface area contributed by atoms with Gasteiger partial charge >= 0.3 is 0 Å². The molecule has 0 N–H and O–H groups in total. The highest BCUT2D eigenvalue weighted by molar-refractivity contribution is 7.92. The van der Waals surface area contributed by atoms with E-state index in [2.05, 4.69) is 5.10 Å². The first-order chi connectivity index (χ1) is 15.3. The molecule has 0 saturated heterocycles. The van der Waals surface area contributed by atoms with Crippen molar-refractivity contribution in [2.24, 2.45) is 7.05 Å². The lowest BCUT2D eigenvalue weighted by molar-refractivity contribution is -0.122. The van der Waals surface area contributed by atoms with Gasteiger partial charge in [-0.25, -0.2) is 0 Å². The minimum atomic E-state index is -3.93. The van der Waals surface area contributed by atoms with Crippen molar-refractivity contribution in [3.63, 3.8) is 0 Å². The first-order valence-corrected chi connectivity index (χ1v) is 11.8. The summed E-state index contributed by atoms with van der Waals surface area (Å²) in [6.07, 6.45) is 2.23. The Morgan fingerprint density at radius 2 is 1.94 bits per heavy atom. The molecule has 0 bridgehead atoms. The van der Waals surface area contributed by atoms with Gasteiger partial charge in [0.25, 0.3) is 15.9 Å². The highest BCUT2D eigenvalue weighted by Crippen LogP contribution is 2.34. The highest BCUT2D eigenvalue weighted by atomic mass is 35.5. The van der Waals surface area contributed by atoms with Crippen LogP contribution in [0.5, 0.6) is 0 Å². The maximum Gasteiger partial charge on any atom is 0.283 e. The predicted octanol–water partition coefficient (Wildman–Crippen LogP) is 3.00. The van der Waals surface area contributed by atoms with Gasteiger partial charge in [0.2, 0.25) is 0 Å². The Hall–Kier alpha value is -2.88. The van der Waals surface area contributed by atoms with Crippen molar-refractivity contribution in [1.82, 2.24) is 9.78 Å². The van der Waals surface area contributed by atoms with E-state index in [1.165, 1.54) is 22.2 Å². The van der Waals surface area contributed by atoms with Gasteiger partial charge in [0.1, 0.15) is 6.61 Å². The summed E-state index contributed by atoms with van der Waals surface area (Å²) in [5.74, 6) is -0.127. The van der Waals surface area contributed by atoms with Gasteiger partial charge in [-0.15, -0.1) is 0 Å². The fourth-order valence-electron chi connectivity index (χ4n) is 3.72. The number of aromatic nitrogens is 2. The monoisotopic (exact) mass is 474 g/mol.